The van der Waals surface area contributed by atoms with Gasteiger partial charge in [-0.25, -0.2) is 5.48 Å². The van der Waals surface area contributed by atoms with E-state index in [1.807, 2.05) is 23.1 Å². The average molecular weight is 409 g/mol. The van der Waals surface area contributed by atoms with Crippen molar-refractivity contribution in [2.24, 2.45) is 0 Å². The van der Waals surface area contributed by atoms with Gasteiger partial charge < -0.3 is 10.2 Å². The molecule has 158 valence electrons. The number of benzene rings is 2. The van der Waals surface area contributed by atoms with Crippen molar-refractivity contribution < 1.29 is 14.8 Å². The Labute approximate surface area is 176 Å². The van der Waals surface area contributed by atoms with Crippen LogP contribution in [0.5, 0.6) is 0 Å². The van der Waals surface area contributed by atoms with Crippen LogP contribution in [0.15, 0.2) is 54.6 Å². The van der Waals surface area contributed by atoms with E-state index in [4.69, 9.17) is 5.21 Å². The van der Waals surface area contributed by atoms with E-state index in [-0.39, 0.29) is 5.91 Å². The van der Waals surface area contributed by atoms with Crippen LogP contribution < -0.4 is 10.8 Å². The highest BCUT2D eigenvalue weighted by molar-refractivity contribution is 5.93. The van der Waals surface area contributed by atoms with Crippen LogP contribution in [-0.4, -0.2) is 65.6 Å². The highest BCUT2D eigenvalue weighted by atomic mass is 16.5. The predicted octanol–water partition coefficient (Wildman–Crippen LogP) is 1.60. The number of piperazine rings is 1. The van der Waals surface area contributed by atoms with E-state index in [9.17, 15) is 9.59 Å². The molecule has 2 atom stereocenters. The van der Waals surface area contributed by atoms with Gasteiger partial charge in [-0.3, -0.25) is 19.7 Å². The molecular weight excluding hydrogens is 380 g/mol. The number of carbonyl (C=O) groups excluding carboxylic acids is 2. The van der Waals surface area contributed by atoms with Crippen molar-refractivity contribution in [1.29, 1.82) is 0 Å². The minimum atomic E-state index is -0.511. The zero-order valence-corrected chi connectivity index (χ0v) is 17.0. The molecule has 1 saturated heterocycles. The number of amides is 2. The quantitative estimate of drug-likeness (QED) is 0.479. The molecule has 2 fully saturated rings. The Hall–Kier alpha value is -2.74. The molecule has 0 bridgehead atoms. The fourth-order valence-corrected chi connectivity index (χ4v) is 4.06. The molecule has 4 rings (SSSR count). The lowest BCUT2D eigenvalue weighted by Crippen LogP contribution is -2.50. The molecule has 2 amide bonds. The van der Waals surface area contributed by atoms with Crippen LogP contribution >= 0.6 is 0 Å². The van der Waals surface area contributed by atoms with Crippen molar-refractivity contribution in [3.8, 4) is 0 Å². The maximum Gasteiger partial charge on any atom is 0.274 e. The number of hydrogen-bond donors (Lipinski definition) is 3. The van der Waals surface area contributed by atoms with E-state index >= 15 is 0 Å². The number of rotatable bonds is 7. The Morgan fingerprint density at radius 3 is 2.33 bits per heavy atom. The van der Waals surface area contributed by atoms with Crippen LogP contribution in [0.2, 0.25) is 0 Å². The molecule has 7 heteroatoms. The lowest BCUT2D eigenvalue weighted by atomic mass is 10.1. The topological polar surface area (TPSA) is 84.9 Å². The third kappa shape index (κ3) is 5.05. The van der Waals surface area contributed by atoms with Crippen molar-refractivity contribution >= 4 is 11.8 Å². The highest BCUT2D eigenvalue weighted by Gasteiger charge is 2.38. The summed E-state index contributed by atoms with van der Waals surface area (Å²) in [5.41, 5.74) is 4.51. The summed E-state index contributed by atoms with van der Waals surface area (Å²) in [4.78, 5) is 28.2. The second-order valence-corrected chi connectivity index (χ2v) is 8.04. The van der Waals surface area contributed by atoms with Crippen molar-refractivity contribution in [2.75, 3.05) is 32.7 Å². The maximum absolute atomic E-state index is 12.6. The molecule has 3 N–H and O–H groups in total. The number of nitrogens with one attached hydrogen (secondary N) is 2. The van der Waals surface area contributed by atoms with E-state index < -0.39 is 5.91 Å². The summed E-state index contributed by atoms with van der Waals surface area (Å²) in [5.74, 6) is 0.196. The molecule has 0 radical (unpaired) electrons. The minimum Gasteiger partial charge on any atom is -0.339 e. The fraction of sp³-hybridized carbons (Fsp3) is 0.391. The van der Waals surface area contributed by atoms with Gasteiger partial charge in [0.1, 0.15) is 0 Å². The van der Waals surface area contributed by atoms with Crippen LogP contribution in [-0.2, 0) is 11.3 Å². The molecule has 1 aliphatic heterocycles. The van der Waals surface area contributed by atoms with Gasteiger partial charge in [0.2, 0.25) is 5.91 Å². The fourth-order valence-electron chi connectivity index (χ4n) is 4.06. The van der Waals surface area contributed by atoms with Gasteiger partial charge in [0.15, 0.2) is 0 Å². The predicted molar refractivity (Wildman–Crippen MR) is 113 cm³/mol. The average Bonchev–Trinajstić information content (AvgIpc) is 3.58. The van der Waals surface area contributed by atoms with Crippen LogP contribution in [0.25, 0.3) is 0 Å². The summed E-state index contributed by atoms with van der Waals surface area (Å²) in [6.07, 6.45) is 1.10. The summed E-state index contributed by atoms with van der Waals surface area (Å²) in [6.45, 7) is 4.32. The molecule has 1 saturated carbocycles. The standard InChI is InChI=1S/C23H28N4O3/c28-22(15-24-21-14-20(21)18-4-2-1-3-5-18)27-12-10-26(11-13-27)16-17-6-8-19(9-7-17)23(29)25-30/h1-9,20-21,24,30H,10-16H2,(H,25,29). The Bertz CT molecular complexity index is 864. The molecule has 0 aromatic heterocycles. The van der Waals surface area contributed by atoms with Gasteiger partial charge in [0.05, 0.1) is 6.54 Å². The minimum absolute atomic E-state index is 0.174. The zero-order chi connectivity index (χ0) is 20.9. The first kappa shape index (κ1) is 20.5. The first-order valence-corrected chi connectivity index (χ1v) is 10.5. The first-order valence-electron chi connectivity index (χ1n) is 10.5. The molecule has 2 aromatic rings. The van der Waals surface area contributed by atoms with Gasteiger partial charge in [0, 0.05) is 50.2 Å². The molecule has 0 spiro atoms. The van der Waals surface area contributed by atoms with Crippen molar-refractivity contribution in [2.45, 2.75) is 24.9 Å². The number of nitrogens with zero attached hydrogens (tertiary/aromatic N) is 2. The van der Waals surface area contributed by atoms with Gasteiger partial charge in [-0.15, -0.1) is 0 Å². The number of carbonyl (C=O) groups is 2. The van der Waals surface area contributed by atoms with Gasteiger partial charge in [-0.05, 0) is 29.7 Å². The van der Waals surface area contributed by atoms with E-state index in [0.29, 0.717) is 24.1 Å². The molecule has 2 aliphatic rings. The Morgan fingerprint density at radius 1 is 0.967 bits per heavy atom. The van der Waals surface area contributed by atoms with Crippen LogP contribution in [0.1, 0.15) is 33.8 Å². The summed E-state index contributed by atoms with van der Waals surface area (Å²) in [5, 5.41) is 12.1. The third-order valence-corrected chi connectivity index (χ3v) is 5.98. The summed E-state index contributed by atoms with van der Waals surface area (Å²) in [6, 6.07) is 18.1. The van der Waals surface area contributed by atoms with Gasteiger partial charge in [-0.2, -0.15) is 0 Å². The smallest absolute Gasteiger partial charge is 0.274 e. The van der Waals surface area contributed by atoms with E-state index in [1.165, 1.54) is 5.56 Å². The monoisotopic (exact) mass is 408 g/mol. The van der Waals surface area contributed by atoms with Gasteiger partial charge >= 0.3 is 0 Å². The Morgan fingerprint density at radius 2 is 1.67 bits per heavy atom. The van der Waals surface area contributed by atoms with Crippen LogP contribution in [0.3, 0.4) is 0 Å². The highest BCUT2D eigenvalue weighted by Crippen LogP contribution is 2.40. The molecule has 30 heavy (non-hydrogen) atoms. The van der Waals surface area contributed by atoms with Crippen molar-refractivity contribution in [1.82, 2.24) is 20.6 Å². The SMILES string of the molecule is O=C(NO)c1ccc(CN2CCN(C(=O)CNC3CC3c3ccccc3)CC2)cc1. The van der Waals surface area contributed by atoms with Gasteiger partial charge in [-0.1, -0.05) is 42.5 Å². The third-order valence-electron chi connectivity index (χ3n) is 5.98. The summed E-state index contributed by atoms with van der Waals surface area (Å²) < 4.78 is 0. The van der Waals surface area contributed by atoms with Crippen LogP contribution in [0.4, 0.5) is 0 Å². The van der Waals surface area contributed by atoms with Crippen molar-refractivity contribution in [3.63, 3.8) is 0 Å². The number of hydrogen-bond acceptors (Lipinski definition) is 5. The first-order chi connectivity index (χ1) is 14.6. The number of hydroxylamine groups is 1. The summed E-state index contributed by atoms with van der Waals surface area (Å²) >= 11 is 0. The molecule has 7 nitrogen and oxygen atoms in total. The van der Waals surface area contributed by atoms with Gasteiger partial charge in [0.25, 0.3) is 5.91 Å². The summed E-state index contributed by atoms with van der Waals surface area (Å²) in [7, 11) is 0. The zero-order valence-electron chi connectivity index (χ0n) is 17.0. The lowest BCUT2D eigenvalue weighted by molar-refractivity contribution is -0.132. The second kappa shape index (κ2) is 9.38. The van der Waals surface area contributed by atoms with Crippen LogP contribution in [0, 0.1) is 0 Å². The molecule has 2 unspecified atom stereocenters. The van der Waals surface area contributed by atoms with E-state index in [0.717, 1.165) is 44.7 Å². The Balaban J connectivity index is 1.17. The molecule has 1 aliphatic carbocycles. The largest absolute Gasteiger partial charge is 0.339 e. The molecule has 2 aromatic carbocycles. The Kier molecular flexibility index (Phi) is 6.42. The second-order valence-electron chi connectivity index (χ2n) is 8.04. The normalized spacial score (nSPS) is 21.3. The maximum atomic E-state index is 12.6. The lowest BCUT2D eigenvalue weighted by Gasteiger charge is -2.35. The van der Waals surface area contributed by atoms with E-state index in [1.54, 1.807) is 17.6 Å². The molecular formula is C23H28N4O3. The molecule has 1 heterocycles. The van der Waals surface area contributed by atoms with Crippen molar-refractivity contribution in [3.05, 3.63) is 71.3 Å². The van der Waals surface area contributed by atoms with E-state index in [2.05, 4.69) is 34.5 Å².